The SMILES string of the molecule is CCN(c1cc(-c2ccc(CN3CCOCC3)cc2)cc(C(=O)NCC2C(=O)NC(C)C3(CCCCCCCC3)C2C)c1C)C1CCN(S(C)(=O)=O)CC1. The van der Waals surface area contributed by atoms with Crippen molar-refractivity contribution in [1.82, 2.24) is 19.8 Å². The first-order valence-electron chi connectivity index (χ1n) is 20.8. The number of amides is 2. The Morgan fingerprint density at radius 1 is 0.944 bits per heavy atom. The lowest BCUT2D eigenvalue weighted by Crippen LogP contribution is -2.61. The van der Waals surface area contributed by atoms with Crippen molar-refractivity contribution in [1.29, 1.82) is 0 Å². The predicted molar refractivity (Wildman–Crippen MR) is 217 cm³/mol. The highest BCUT2D eigenvalue weighted by molar-refractivity contribution is 7.88. The fraction of sp³-hybridized carbons (Fsp3) is 0.674. The second-order valence-corrected chi connectivity index (χ2v) is 18.6. The normalized spacial score (nSPS) is 25.0. The number of hydrogen-bond acceptors (Lipinski definition) is 7. The van der Waals surface area contributed by atoms with Gasteiger partial charge in [0.25, 0.3) is 5.91 Å². The van der Waals surface area contributed by atoms with E-state index >= 15 is 0 Å². The molecule has 0 bridgehead atoms. The maximum atomic E-state index is 14.4. The number of nitrogens with one attached hydrogen (secondary N) is 2. The number of sulfonamides is 1. The Morgan fingerprint density at radius 3 is 2.19 bits per heavy atom. The molecule has 1 aliphatic carbocycles. The molecule has 6 rings (SSSR count). The molecule has 3 saturated heterocycles. The van der Waals surface area contributed by atoms with Crippen LogP contribution in [0.25, 0.3) is 11.1 Å². The first-order valence-corrected chi connectivity index (χ1v) is 22.6. The van der Waals surface area contributed by atoms with Gasteiger partial charge in [-0.1, -0.05) is 69.7 Å². The number of piperidine rings is 2. The van der Waals surface area contributed by atoms with Crippen molar-refractivity contribution in [3.05, 3.63) is 53.1 Å². The molecule has 1 spiro atoms. The van der Waals surface area contributed by atoms with Crippen LogP contribution in [0.1, 0.15) is 106 Å². The maximum Gasteiger partial charge on any atom is 0.251 e. The number of carbonyl (C=O) groups excluding carboxylic acids is 2. The molecule has 1 saturated carbocycles. The van der Waals surface area contributed by atoms with Gasteiger partial charge < -0.3 is 20.3 Å². The van der Waals surface area contributed by atoms with Crippen LogP contribution in [0.15, 0.2) is 36.4 Å². The summed E-state index contributed by atoms with van der Waals surface area (Å²) < 4.78 is 31.7. The number of hydrogen-bond donors (Lipinski definition) is 2. The highest BCUT2D eigenvalue weighted by Gasteiger charge is 2.50. The molecule has 3 heterocycles. The summed E-state index contributed by atoms with van der Waals surface area (Å²) in [4.78, 5) is 32.8. The minimum absolute atomic E-state index is 0.0406. The van der Waals surface area contributed by atoms with Crippen molar-refractivity contribution < 1.29 is 22.7 Å². The third-order valence-corrected chi connectivity index (χ3v) is 14.8. The van der Waals surface area contributed by atoms with Crippen molar-refractivity contribution in [3.63, 3.8) is 0 Å². The third-order valence-electron chi connectivity index (χ3n) is 13.5. The average Bonchev–Trinajstić information content (AvgIpc) is 3.29. The molecule has 2 aromatic carbocycles. The molecule has 0 aromatic heterocycles. The zero-order chi connectivity index (χ0) is 38.5. The molecule has 54 heavy (non-hydrogen) atoms. The smallest absolute Gasteiger partial charge is 0.251 e. The van der Waals surface area contributed by atoms with Crippen molar-refractivity contribution in [2.45, 2.75) is 111 Å². The fourth-order valence-corrected chi connectivity index (χ4v) is 10.9. The molecule has 2 N–H and O–H groups in total. The van der Waals surface area contributed by atoms with E-state index in [0.717, 1.165) is 87.5 Å². The highest BCUT2D eigenvalue weighted by atomic mass is 32.2. The molecule has 3 aliphatic heterocycles. The quantitative estimate of drug-likeness (QED) is 0.290. The molecule has 4 fully saturated rings. The Morgan fingerprint density at radius 2 is 1.57 bits per heavy atom. The lowest BCUT2D eigenvalue weighted by Gasteiger charge is -2.51. The molecule has 10 nitrogen and oxygen atoms in total. The standard InChI is InChI=1S/C43H65N5O5S/c1-6-48(37-17-21-47(22-18-37)54(5,51)52)40-28-36(35-15-13-34(14-16-35)30-46-23-25-53-26-24-46)27-38(31(40)2)41(49)44-29-39-32(3)43(33(4)45-42(39)50)19-11-9-7-8-10-12-20-43/h13-16,27-28,32-33,37,39H,6-12,17-26,29-30H2,1-5H3,(H,44,49)(H,45,50). The van der Waals surface area contributed by atoms with Crippen LogP contribution < -0.4 is 15.5 Å². The number of ether oxygens (including phenoxy) is 1. The van der Waals surface area contributed by atoms with E-state index in [1.54, 1.807) is 4.31 Å². The second-order valence-electron chi connectivity index (χ2n) is 16.6. The first kappa shape index (κ1) is 40.7. The molecule has 3 unspecified atom stereocenters. The maximum absolute atomic E-state index is 14.4. The largest absolute Gasteiger partial charge is 0.379 e. The van der Waals surface area contributed by atoms with Gasteiger partial charge in [0.1, 0.15) is 0 Å². The molecular formula is C43H65N5O5S. The molecule has 298 valence electrons. The zero-order valence-electron chi connectivity index (χ0n) is 33.5. The average molecular weight is 764 g/mol. The minimum Gasteiger partial charge on any atom is -0.379 e. The summed E-state index contributed by atoms with van der Waals surface area (Å²) in [5, 5.41) is 6.62. The summed E-state index contributed by atoms with van der Waals surface area (Å²) in [6.07, 6.45) is 12.4. The lowest BCUT2D eigenvalue weighted by atomic mass is 9.59. The van der Waals surface area contributed by atoms with Gasteiger partial charge in [0.2, 0.25) is 15.9 Å². The molecule has 2 aromatic rings. The van der Waals surface area contributed by atoms with E-state index < -0.39 is 10.0 Å². The molecule has 11 heteroatoms. The molecular weight excluding hydrogens is 699 g/mol. The van der Waals surface area contributed by atoms with E-state index in [1.165, 1.54) is 50.3 Å². The summed E-state index contributed by atoms with van der Waals surface area (Å²) in [6, 6.07) is 13.1. The van der Waals surface area contributed by atoms with Gasteiger partial charge >= 0.3 is 0 Å². The Kier molecular flexibility index (Phi) is 13.5. The number of anilines is 1. The topological polar surface area (TPSA) is 111 Å². The minimum atomic E-state index is -3.25. The summed E-state index contributed by atoms with van der Waals surface area (Å²) in [5.41, 5.74) is 5.79. The van der Waals surface area contributed by atoms with Gasteiger partial charge in [-0.2, -0.15) is 0 Å². The Balaban J connectivity index is 1.27. The Hall–Kier alpha value is -2.99. The van der Waals surface area contributed by atoms with Crippen LogP contribution in [0.4, 0.5) is 5.69 Å². The summed E-state index contributed by atoms with van der Waals surface area (Å²) in [6.45, 7) is 14.9. The van der Waals surface area contributed by atoms with Crippen molar-refractivity contribution in [2.75, 3.05) is 63.6 Å². The summed E-state index contributed by atoms with van der Waals surface area (Å²) in [7, 11) is -3.25. The van der Waals surface area contributed by atoms with Gasteiger partial charge in [-0.25, -0.2) is 12.7 Å². The van der Waals surface area contributed by atoms with E-state index in [-0.39, 0.29) is 41.1 Å². The summed E-state index contributed by atoms with van der Waals surface area (Å²) >= 11 is 0. The monoisotopic (exact) mass is 763 g/mol. The number of rotatable bonds is 10. The van der Waals surface area contributed by atoms with Crippen molar-refractivity contribution in [2.24, 2.45) is 17.3 Å². The van der Waals surface area contributed by atoms with Crippen molar-refractivity contribution in [3.8, 4) is 11.1 Å². The van der Waals surface area contributed by atoms with Gasteiger partial charge in [0.05, 0.1) is 25.4 Å². The number of nitrogens with zero attached hydrogens (tertiary/aromatic N) is 3. The lowest BCUT2D eigenvalue weighted by molar-refractivity contribution is -0.137. The zero-order valence-corrected chi connectivity index (χ0v) is 34.3. The van der Waals surface area contributed by atoms with Gasteiger partial charge in [0, 0.05) is 69.1 Å². The van der Waals surface area contributed by atoms with Gasteiger partial charge in [-0.15, -0.1) is 0 Å². The van der Waals surface area contributed by atoms with Crippen LogP contribution in [0, 0.1) is 24.2 Å². The van der Waals surface area contributed by atoms with E-state index in [4.69, 9.17) is 4.74 Å². The van der Waals surface area contributed by atoms with Gasteiger partial charge in [-0.3, -0.25) is 14.5 Å². The van der Waals surface area contributed by atoms with Gasteiger partial charge in [0.15, 0.2) is 0 Å². The predicted octanol–water partition coefficient (Wildman–Crippen LogP) is 6.37. The van der Waals surface area contributed by atoms with Crippen LogP contribution >= 0.6 is 0 Å². The van der Waals surface area contributed by atoms with E-state index in [1.807, 2.05) is 13.0 Å². The van der Waals surface area contributed by atoms with E-state index in [9.17, 15) is 18.0 Å². The molecule has 0 radical (unpaired) electrons. The second kappa shape index (κ2) is 17.9. The number of benzene rings is 2. The van der Waals surface area contributed by atoms with Crippen LogP contribution in [0.5, 0.6) is 0 Å². The van der Waals surface area contributed by atoms with Crippen molar-refractivity contribution >= 4 is 27.5 Å². The highest BCUT2D eigenvalue weighted by Crippen LogP contribution is 2.48. The van der Waals surface area contributed by atoms with Crippen LogP contribution in [0.3, 0.4) is 0 Å². The third kappa shape index (κ3) is 9.17. The van der Waals surface area contributed by atoms with Crippen LogP contribution in [-0.4, -0.2) is 100 Å². The number of morpholine rings is 1. The Bertz CT molecular complexity index is 1690. The van der Waals surface area contributed by atoms with Crippen LogP contribution in [-0.2, 0) is 26.1 Å². The molecule has 3 atom stereocenters. The fourth-order valence-electron chi connectivity index (χ4n) is 10.0. The van der Waals surface area contributed by atoms with Gasteiger partial charge in [-0.05, 0) is 92.2 Å². The first-order chi connectivity index (χ1) is 25.9. The van der Waals surface area contributed by atoms with Crippen LogP contribution in [0.2, 0.25) is 0 Å². The Labute approximate surface area is 324 Å². The molecule has 4 aliphatic rings. The molecule has 2 amide bonds. The van der Waals surface area contributed by atoms with E-state index in [2.05, 4.69) is 71.5 Å². The van der Waals surface area contributed by atoms with E-state index in [0.29, 0.717) is 25.2 Å². The summed E-state index contributed by atoms with van der Waals surface area (Å²) in [5.74, 6) is -0.251. The number of carbonyl (C=O) groups is 2.